The summed E-state index contributed by atoms with van der Waals surface area (Å²) in [6.45, 7) is 1.43. The molecular weight excluding hydrogens is 438 g/mol. The molecule has 1 aliphatic heterocycles. The number of hydrogen-bond acceptors (Lipinski definition) is 6. The minimum absolute atomic E-state index is 0.0408. The molecule has 9 heteroatoms. The zero-order valence-corrected chi connectivity index (χ0v) is 18.1. The molecule has 34 heavy (non-hydrogen) atoms. The smallest absolute Gasteiger partial charge is 0.269 e. The Bertz CT molecular complexity index is 1280. The monoisotopic (exact) mass is 457 g/mol. The predicted molar refractivity (Wildman–Crippen MR) is 123 cm³/mol. The predicted octanol–water partition coefficient (Wildman–Crippen LogP) is 3.64. The van der Waals surface area contributed by atoms with Gasteiger partial charge in [0.25, 0.3) is 17.5 Å². The third-order valence-corrected chi connectivity index (χ3v) is 5.57. The third-order valence-electron chi connectivity index (χ3n) is 5.57. The number of non-ortho nitro benzene ring substituents is 1. The molecule has 0 radical (unpaired) electrons. The Morgan fingerprint density at radius 1 is 0.912 bits per heavy atom. The molecule has 3 aromatic carbocycles. The van der Waals surface area contributed by atoms with Gasteiger partial charge in [0.05, 0.1) is 16.1 Å². The van der Waals surface area contributed by atoms with Gasteiger partial charge in [-0.25, -0.2) is 0 Å². The molecule has 0 aliphatic carbocycles. The Kier molecular flexibility index (Phi) is 6.01. The number of nitro groups is 1. The van der Waals surface area contributed by atoms with Crippen LogP contribution >= 0.6 is 0 Å². The number of ketones is 1. The van der Waals surface area contributed by atoms with Gasteiger partial charge in [-0.2, -0.15) is 0 Å². The van der Waals surface area contributed by atoms with Crippen molar-refractivity contribution >= 4 is 34.9 Å². The number of nitrogens with one attached hydrogen (secondary N) is 1. The third kappa shape index (κ3) is 4.31. The molecule has 1 N–H and O–H groups in total. The van der Waals surface area contributed by atoms with Crippen molar-refractivity contribution in [1.82, 2.24) is 4.90 Å². The lowest BCUT2D eigenvalue weighted by atomic mass is 10.0. The maximum atomic E-state index is 13.3. The fraction of sp³-hybridized carbons (Fsp3) is 0.120. The lowest BCUT2D eigenvalue weighted by Gasteiger charge is -2.25. The van der Waals surface area contributed by atoms with Crippen LogP contribution in [-0.4, -0.2) is 39.4 Å². The zero-order chi connectivity index (χ0) is 24.4. The number of carbonyl (C=O) groups is 4. The average Bonchev–Trinajstić information content (AvgIpc) is 3.08. The van der Waals surface area contributed by atoms with Crippen molar-refractivity contribution in [2.75, 3.05) is 5.32 Å². The first kappa shape index (κ1) is 22.5. The number of Topliss-reactive ketones (excluding diaryl/α,β-unsaturated/α-hetero) is 1. The van der Waals surface area contributed by atoms with Gasteiger partial charge in [0, 0.05) is 29.8 Å². The molecule has 9 nitrogen and oxygen atoms in total. The Labute approximate surface area is 194 Å². The maximum Gasteiger partial charge on any atom is 0.269 e. The zero-order valence-electron chi connectivity index (χ0n) is 18.1. The van der Waals surface area contributed by atoms with E-state index in [9.17, 15) is 29.3 Å². The number of benzene rings is 3. The second-order valence-electron chi connectivity index (χ2n) is 7.79. The van der Waals surface area contributed by atoms with Gasteiger partial charge in [-0.3, -0.25) is 34.2 Å². The van der Waals surface area contributed by atoms with Gasteiger partial charge < -0.3 is 5.32 Å². The molecule has 3 aromatic rings. The number of nitro benzene ring substituents is 1. The Balaban J connectivity index is 1.65. The summed E-state index contributed by atoms with van der Waals surface area (Å²) in [5, 5.41) is 13.7. The molecule has 0 aromatic heterocycles. The standard InChI is InChI=1S/C25H19N3O6/c1-15(29)17-8-10-18(11-9-17)26-23(30)22(14-16-6-12-19(13-7-16)28(33)34)27-24(31)20-4-2-3-5-21(20)25(27)32/h2-13,22H,14H2,1H3,(H,26,30)/t22-/m0/s1. The maximum absolute atomic E-state index is 13.3. The first-order valence-corrected chi connectivity index (χ1v) is 10.4. The highest BCUT2D eigenvalue weighted by Crippen LogP contribution is 2.27. The first-order valence-electron chi connectivity index (χ1n) is 10.4. The molecule has 0 unspecified atom stereocenters. The van der Waals surface area contributed by atoms with Crippen molar-refractivity contribution in [3.8, 4) is 0 Å². The molecule has 0 spiro atoms. The molecule has 0 saturated heterocycles. The number of imide groups is 1. The van der Waals surface area contributed by atoms with Crippen molar-refractivity contribution in [1.29, 1.82) is 0 Å². The molecule has 170 valence electrons. The van der Waals surface area contributed by atoms with Gasteiger partial charge in [0.1, 0.15) is 6.04 Å². The number of rotatable bonds is 7. The highest BCUT2D eigenvalue weighted by molar-refractivity contribution is 6.23. The summed E-state index contributed by atoms with van der Waals surface area (Å²) in [5.41, 5.74) is 1.70. The van der Waals surface area contributed by atoms with Crippen LogP contribution in [0, 0.1) is 10.1 Å². The van der Waals surface area contributed by atoms with Gasteiger partial charge in [-0.1, -0.05) is 24.3 Å². The second kappa shape index (κ2) is 9.07. The highest BCUT2D eigenvalue weighted by Gasteiger charge is 2.42. The lowest BCUT2D eigenvalue weighted by Crippen LogP contribution is -2.48. The van der Waals surface area contributed by atoms with Gasteiger partial charge >= 0.3 is 0 Å². The van der Waals surface area contributed by atoms with Crippen LogP contribution in [0.5, 0.6) is 0 Å². The van der Waals surface area contributed by atoms with Crippen LogP contribution in [0.25, 0.3) is 0 Å². The minimum Gasteiger partial charge on any atom is -0.324 e. The van der Waals surface area contributed by atoms with Crippen molar-refractivity contribution in [2.24, 2.45) is 0 Å². The van der Waals surface area contributed by atoms with Crippen LogP contribution in [0.2, 0.25) is 0 Å². The fourth-order valence-electron chi connectivity index (χ4n) is 3.78. The molecule has 1 aliphatic rings. The molecule has 1 heterocycles. The minimum atomic E-state index is -1.21. The Hall–Kier alpha value is -4.66. The summed E-state index contributed by atoms with van der Waals surface area (Å²) in [4.78, 5) is 62.3. The summed E-state index contributed by atoms with van der Waals surface area (Å²) in [6, 6.07) is 16.9. The topological polar surface area (TPSA) is 127 Å². The highest BCUT2D eigenvalue weighted by atomic mass is 16.6. The SMILES string of the molecule is CC(=O)c1ccc(NC(=O)[C@H](Cc2ccc([N+](=O)[O-])cc2)N2C(=O)c3ccccc3C2=O)cc1. The fourth-order valence-corrected chi connectivity index (χ4v) is 3.78. The summed E-state index contributed by atoms with van der Waals surface area (Å²) >= 11 is 0. The van der Waals surface area contributed by atoms with E-state index in [1.165, 1.54) is 43.3 Å². The van der Waals surface area contributed by atoms with Crippen molar-refractivity contribution < 1.29 is 24.1 Å². The lowest BCUT2D eigenvalue weighted by molar-refractivity contribution is -0.384. The van der Waals surface area contributed by atoms with Gasteiger partial charge in [-0.05, 0) is 48.9 Å². The van der Waals surface area contributed by atoms with E-state index >= 15 is 0 Å². The number of anilines is 1. The normalized spacial score (nSPS) is 13.4. The largest absolute Gasteiger partial charge is 0.324 e. The van der Waals surface area contributed by atoms with E-state index in [4.69, 9.17) is 0 Å². The summed E-state index contributed by atoms with van der Waals surface area (Å²) in [6.07, 6.45) is -0.0408. The van der Waals surface area contributed by atoms with Crippen LogP contribution < -0.4 is 5.32 Å². The Morgan fingerprint density at radius 3 is 1.97 bits per heavy atom. The van der Waals surface area contributed by atoms with E-state index < -0.39 is 28.7 Å². The number of fused-ring (bicyclic) bond motifs is 1. The van der Waals surface area contributed by atoms with Crippen LogP contribution in [0.15, 0.2) is 72.8 Å². The summed E-state index contributed by atoms with van der Waals surface area (Å²) in [7, 11) is 0. The molecule has 0 bridgehead atoms. The number of nitrogens with zero attached hydrogens (tertiary/aromatic N) is 2. The summed E-state index contributed by atoms with van der Waals surface area (Å²) < 4.78 is 0. The van der Waals surface area contributed by atoms with Gasteiger partial charge in [-0.15, -0.1) is 0 Å². The van der Waals surface area contributed by atoms with Crippen LogP contribution in [0.3, 0.4) is 0 Å². The van der Waals surface area contributed by atoms with Crippen LogP contribution in [0.1, 0.15) is 43.6 Å². The van der Waals surface area contributed by atoms with E-state index in [0.29, 0.717) is 16.8 Å². The molecule has 0 saturated carbocycles. The van der Waals surface area contributed by atoms with E-state index in [0.717, 1.165) is 4.90 Å². The van der Waals surface area contributed by atoms with Crippen molar-refractivity contribution in [2.45, 2.75) is 19.4 Å². The molecular formula is C25H19N3O6. The molecule has 3 amide bonds. The van der Waals surface area contributed by atoms with E-state index in [1.54, 1.807) is 36.4 Å². The molecule has 1 atom stereocenters. The van der Waals surface area contributed by atoms with Crippen molar-refractivity contribution in [3.05, 3.63) is 105 Å². The van der Waals surface area contributed by atoms with Crippen LogP contribution in [-0.2, 0) is 11.2 Å². The number of hydrogen-bond donors (Lipinski definition) is 1. The van der Waals surface area contributed by atoms with Crippen molar-refractivity contribution in [3.63, 3.8) is 0 Å². The second-order valence-corrected chi connectivity index (χ2v) is 7.79. The quantitative estimate of drug-likeness (QED) is 0.250. The molecule has 4 rings (SSSR count). The van der Waals surface area contributed by atoms with E-state index in [-0.39, 0.29) is 29.0 Å². The number of amides is 3. The number of carbonyl (C=O) groups excluding carboxylic acids is 4. The molecule has 0 fully saturated rings. The van der Waals surface area contributed by atoms with Gasteiger partial charge in [0.15, 0.2) is 5.78 Å². The van der Waals surface area contributed by atoms with E-state index in [1.807, 2.05) is 0 Å². The van der Waals surface area contributed by atoms with E-state index in [2.05, 4.69) is 5.32 Å². The Morgan fingerprint density at radius 2 is 1.47 bits per heavy atom. The first-order chi connectivity index (χ1) is 16.3. The summed E-state index contributed by atoms with van der Waals surface area (Å²) in [5.74, 6) is -1.91. The average molecular weight is 457 g/mol. The van der Waals surface area contributed by atoms with Crippen LogP contribution in [0.4, 0.5) is 11.4 Å². The van der Waals surface area contributed by atoms with Gasteiger partial charge in [0.2, 0.25) is 5.91 Å².